The Morgan fingerprint density at radius 2 is 2.12 bits per heavy atom. The van der Waals surface area contributed by atoms with Gasteiger partial charge in [0.1, 0.15) is 11.8 Å². The zero-order valence-corrected chi connectivity index (χ0v) is 9.38. The monoisotopic (exact) mass is 221 g/mol. The predicted octanol–water partition coefficient (Wildman–Crippen LogP) is 0.569. The zero-order chi connectivity index (χ0) is 11.8. The van der Waals surface area contributed by atoms with Crippen molar-refractivity contribution in [1.82, 2.24) is 19.5 Å². The molecule has 3 N–H and O–H groups in total. The van der Waals surface area contributed by atoms with E-state index in [1.165, 1.54) is 6.33 Å². The van der Waals surface area contributed by atoms with Crippen LogP contribution in [0, 0.1) is 0 Å². The smallest absolute Gasteiger partial charge is 0.165 e. The maximum Gasteiger partial charge on any atom is 0.165 e. The average Bonchev–Trinajstić information content (AvgIpc) is 2.58. The Hall–Kier alpha value is -1.69. The summed E-state index contributed by atoms with van der Waals surface area (Å²) in [7, 11) is 0. The minimum absolute atomic E-state index is 0.381. The molecule has 0 aliphatic heterocycles. The van der Waals surface area contributed by atoms with Crippen LogP contribution in [0.15, 0.2) is 12.7 Å². The summed E-state index contributed by atoms with van der Waals surface area (Å²) in [5, 5.41) is 9.65. The summed E-state index contributed by atoms with van der Waals surface area (Å²) in [6, 6.07) is 0. The Balaban J connectivity index is 2.29. The molecule has 0 spiro atoms. The highest BCUT2D eigenvalue weighted by atomic mass is 16.3. The third-order valence-electron chi connectivity index (χ3n) is 2.39. The number of anilines is 1. The summed E-state index contributed by atoms with van der Waals surface area (Å²) in [5.41, 5.74) is 6.29. The largest absolute Gasteiger partial charge is 0.390 e. The van der Waals surface area contributed by atoms with Crippen molar-refractivity contribution in [2.45, 2.75) is 32.4 Å². The molecule has 0 aliphatic rings. The first-order valence-corrected chi connectivity index (χ1v) is 5.11. The minimum Gasteiger partial charge on any atom is -0.390 e. The highest BCUT2D eigenvalue weighted by Crippen LogP contribution is 2.16. The molecule has 2 aromatic heterocycles. The Kier molecular flexibility index (Phi) is 2.51. The second-order valence-corrected chi connectivity index (χ2v) is 4.43. The first-order valence-electron chi connectivity index (χ1n) is 5.11. The van der Waals surface area contributed by atoms with E-state index in [4.69, 9.17) is 5.73 Å². The van der Waals surface area contributed by atoms with Crippen LogP contribution in [0.4, 0.5) is 5.82 Å². The molecule has 0 amide bonds. The zero-order valence-electron chi connectivity index (χ0n) is 9.38. The van der Waals surface area contributed by atoms with Crippen molar-refractivity contribution in [3.63, 3.8) is 0 Å². The third-order valence-corrected chi connectivity index (χ3v) is 2.39. The number of rotatable bonds is 3. The lowest BCUT2D eigenvalue weighted by Gasteiger charge is -2.16. The van der Waals surface area contributed by atoms with Crippen LogP contribution < -0.4 is 5.73 Å². The van der Waals surface area contributed by atoms with Gasteiger partial charge in [0.15, 0.2) is 11.5 Å². The number of aryl methyl sites for hydroxylation is 1. The number of hydrogen-bond acceptors (Lipinski definition) is 5. The Bertz CT molecular complexity index is 499. The highest BCUT2D eigenvalue weighted by Gasteiger charge is 2.14. The van der Waals surface area contributed by atoms with Crippen molar-refractivity contribution in [2.75, 3.05) is 5.73 Å². The second kappa shape index (κ2) is 3.71. The standard InChI is InChI=1S/C10H15N5O/c1-10(2,16)3-4-15-6-14-7-8(11)12-5-13-9(7)15/h5-6,16H,3-4H2,1-2H3,(H2,11,12,13). The number of hydrogen-bond donors (Lipinski definition) is 2. The summed E-state index contributed by atoms with van der Waals surface area (Å²) in [6.07, 6.45) is 3.71. The predicted molar refractivity (Wildman–Crippen MR) is 60.7 cm³/mol. The maximum atomic E-state index is 9.65. The summed E-state index contributed by atoms with van der Waals surface area (Å²) >= 11 is 0. The fraction of sp³-hybridized carbons (Fsp3) is 0.500. The van der Waals surface area contributed by atoms with Gasteiger partial charge in [-0.2, -0.15) is 0 Å². The lowest BCUT2D eigenvalue weighted by Crippen LogP contribution is -2.20. The normalized spacial score (nSPS) is 12.2. The van der Waals surface area contributed by atoms with Crippen LogP contribution in [0.2, 0.25) is 0 Å². The minimum atomic E-state index is -0.699. The molecule has 0 aliphatic carbocycles. The molecule has 0 fully saturated rings. The number of nitrogen functional groups attached to an aromatic ring is 1. The molecular formula is C10H15N5O. The van der Waals surface area contributed by atoms with Gasteiger partial charge >= 0.3 is 0 Å². The molecule has 0 saturated heterocycles. The number of aliphatic hydroxyl groups is 1. The van der Waals surface area contributed by atoms with Gasteiger partial charge in [-0.1, -0.05) is 0 Å². The van der Waals surface area contributed by atoms with Crippen molar-refractivity contribution >= 4 is 17.0 Å². The molecule has 0 aromatic carbocycles. The summed E-state index contributed by atoms with van der Waals surface area (Å²) in [6.45, 7) is 4.20. The Labute approximate surface area is 93.1 Å². The van der Waals surface area contributed by atoms with Gasteiger partial charge in [-0.3, -0.25) is 0 Å². The molecule has 2 rings (SSSR count). The average molecular weight is 221 g/mol. The van der Waals surface area contributed by atoms with Crippen LogP contribution in [0.1, 0.15) is 20.3 Å². The lowest BCUT2D eigenvalue weighted by molar-refractivity contribution is 0.0665. The molecule has 0 atom stereocenters. The molecule has 0 unspecified atom stereocenters. The van der Waals surface area contributed by atoms with Crippen molar-refractivity contribution in [1.29, 1.82) is 0 Å². The number of aromatic nitrogens is 4. The quantitative estimate of drug-likeness (QED) is 0.790. The number of fused-ring (bicyclic) bond motifs is 1. The van der Waals surface area contributed by atoms with E-state index in [0.29, 0.717) is 29.9 Å². The summed E-state index contributed by atoms with van der Waals surface area (Å²) in [5.74, 6) is 0.381. The van der Waals surface area contributed by atoms with Crippen molar-refractivity contribution in [3.05, 3.63) is 12.7 Å². The fourth-order valence-electron chi connectivity index (χ4n) is 1.46. The number of nitrogens with two attached hydrogens (primary N) is 1. The van der Waals surface area contributed by atoms with E-state index in [9.17, 15) is 5.11 Å². The van der Waals surface area contributed by atoms with Crippen molar-refractivity contribution in [2.24, 2.45) is 0 Å². The van der Waals surface area contributed by atoms with Gasteiger partial charge in [0, 0.05) is 6.54 Å². The van der Waals surface area contributed by atoms with Crippen LogP contribution in [-0.2, 0) is 6.54 Å². The number of nitrogens with zero attached hydrogens (tertiary/aromatic N) is 4. The molecule has 2 aromatic rings. The first kappa shape index (κ1) is 10.8. The van der Waals surface area contributed by atoms with E-state index in [2.05, 4.69) is 15.0 Å². The molecule has 16 heavy (non-hydrogen) atoms. The molecule has 0 radical (unpaired) electrons. The molecule has 2 heterocycles. The van der Waals surface area contributed by atoms with E-state index in [1.807, 2.05) is 4.57 Å². The SMILES string of the molecule is CC(C)(O)CCn1cnc2c(N)ncnc21. The van der Waals surface area contributed by atoms with E-state index in [1.54, 1.807) is 20.2 Å². The van der Waals surface area contributed by atoms with Crippen molar-refractivity contribution < 1.29 is 5.11 Å². The molecule has 86 valence electrons. The topological polar surface area (TPSA) is 89.8 Å². The highest BCUT2D eigenvalue weighted by molar-refractivity contribution is 5.80. The molecular weight excluding hydrogens is 206 g/mol. The van der Waals surface area contributed by atoms with Gasteiger partial charge in [0.05, 0.1) is 11.9 Å². The maximum absolute atomic E-state index is 9.65. The van der Waals surface area contributed by atoms with Crippen LogP contribution in [0.25, 0.3) is 11.2 Å². The molecule has 6 nitrogen and oxygen atoms in total. The van der Waals surface area contributed by atoms with Crippen LogP contribution in [-0.4, -0.2) is 30.2 Å². The van der Waals surface area contributed by atoms with E-state index >= 15 is 0 Å². The van der Waals surface area contributed by atoms with Crippen LogP contribution >= 0.6 is 0 Å². The van der Waals surface area contributed by atoms with Gasteiger partial charge < -0.3 is 15.4 Å². The first-order chi connectivity index (χ1) is 7.47. The lowest BCUT2D eigenvalue weighted by atomic mass is 10.1. The summed E-state index contributed by atoms with van der Waals surface area (Å²) < 4.78 is 1.87. The molecule has 6 heteroatoms. The number of imidazole rings is 1. The van der Waals surface area contributed by atoms with Gasteiger partial charge in [-0.15, -0.1) is 0 Å². The van der Waals surface area contributed by atoms with E-state index in [-0.39, 0.29) is 0 Å². The van der Waals surface area contributed by atoms with E-state index in [0.717, 1.165) is 0 Å². The van der Waals surface area contributed by atoms with Crippen LogP contribution in [0.3, 0.4) is 0 Å². The van der Waals surface area contributed by atoms with Crippen LogP contribution in [0.5, 0.6) is 0 Å². The molecule has 0 saturated carbocycles. The summed E-state index contributed by atoms with van der Waals surface area (Å²) in [4.78, 5) is 12.2. The van der Waals surface area contributed by atoms with Gasteiger partial charge in [-0.05, 0) is 20.3 Å². The Morgan fingerprint density at radius 3 is 2.81 bits per heavy atom. The van der Waals surface area contributed by atoms with Gasteiger partial charge in [0.2, 0.25) is 0 Å². The second-order valence-electron chi connectivity index (χ2n) is 4.43. The van der Waals surface area contributed by atoms with Gasteiger partial charge in [0.25, 0.3) is 0 Å². The van der Waals surface area contributed by atoms with E-state index < -0.39 is 5.60 Å². The van der Waals surface area contributed by atoms with Crippen molar-refractivity contribution in [3.8, 4) is 0 Å². The van der Waals surface area contributed by atoms with Gasteiger partial charge in [-0.25, -0.2) is 15.0 Å². The fourth-order valence-corrected chi connectivity index (χ4v) is 1.46. The molecule has 0 bridgehead atoms. The third kappa shape index (κ3) is 2.11. The Morgan fingerprint density at radius 1 is 1.38 bits per heavy atom.